The quantitative estimate of drug-likeness (QED) is 0.494. The van der Waals surface area contributed by atoms with E-state index in [1.54, 1.807) is 7.05 Å². The van der Waals surface area contributed by atoms with Gasteiger partial charge in [0.05, 0.1) is 6.54 Å². The van der Waals surface area contributed by atoms with E-state index >= 15 is 0 Å². The van der Waals surface area contributed by atoms with Gasteiger partial charge in [-0.05, 0) is 36.6 Å². The van der Waals surface area contributed by atoms with E-state index in [0.29, 0.717) is 28.7 Å². The number of benzene rings is 2. The van der Waals surface area contributed by atoms with Crippen molar-refractivity contribution in [3.8, 4) is 0 Å². The summed E-state index contributed by atoms with van der Waals surface area (Å²) in [5, 5.41) is 0.684. The Morgan fingerprint density at radius 1 is 1.06 bits per heavy atom. The van der Waals surface area contributed by atoms with Crippen LogP contribution < -0.4 is 16.1 Å². The first-order valence-corrected chi connectivity index (χ1v) is 10.6. The summed E-state index contributed by atoms with van der Waals surface area (Å²) in [5.74, 6) is 0.658. The zero-order valence-electron chi connectivity index (χ0n) is 17.4. The predicted molar refractivity (Wildman–Crippen MR) is 123 cm³/mol. The molecule has 0 aliphatic carbocycles. The molecule has 0 atom stereocenters. The fourth-order valence-corrected chi connectivity index (χ4v) is 4.34. The number of aryl methyl sites for hydroxylation is 3. The van der Waals surface area contributed by atoms with Gasteiger partial charge in [-0.2, -0.15) is 4.98 Å². The summed E-state index contributed by atoms with van der Waals surface area (Å²) >= 11 is 6.36. The van der Waals surface area contributed by atoms with Crippen LogP contribution in [0.2, 0.25) is 5.02 Å². The summed E-state index contributed by atoms with van der Waals surface area (Å²) in [6, 6.07) is 15.4. The zero-order chi connectivity index (χ0) is 21.7. The lowest BCUT2D eigenvalue weighted by Gasteiger charge is -2.29. The number of halogens is 1. The second kappa shape index (κ2) is 7.42. The van der Waals surface area contributed by atoms with Crippen molar-refractivity contribution in [2.45, 2.75) is 26.4 Å². The van der Waals surface area contributed by atoms with Crippen molar-refractivity contribution in [2.24, 2.45) is 7.05 Å². The molecule has 1 aliphatic rings. The van der Waals surface area contributed by atoms with Gasteiger partial charge in [-0.1, -0.05) is 48.0 Å². The van der Waals surface area contributed by atoms with E-state index in [2.05, 4.69) is 4.90 Å². The fraction of sp³-hybridized carbons (Fsp3) is 0.261. The van der Waals surface area contributed by atoms with Crippen LogP contribution in [-0.4, -0.2) is 25.2 Å². The van der Waals surface area contributed by atoms with E-state index in [9.17, 15) is 9.59 Å². The van der Waals surface area contributed by atoms with Crippen molar-refractivity contribution < 1.29 is 0 Å². The predicted octanol–water partition coefficient (Wildman–Crippen LogP) is 3.45. The number of nitrogens with zero attached hydrogens (tertiary/aromatic N) is 5. The highest BCUT2D eigenvalue weighted by Gasteiger charge is 2.27. The minimum atomic E-state index is -0.373. The molecular weight excluding hydrogens is 414 g/mol. The molecule has 0 radical (unpaired) electrons. The summed E-state index contributed by atoms with van der Waals surface area (Å²) in [7, 11) is 1.66. The maximum Gasteiger partial charge on any atom is 0.332 e. The number of anilines is 2. The molecule has 3 heterocycles. The molecule has 0 bridgehead atoms. The van der Waals surface area contributed by atoms with Crippen molar-refractivity contribution in [1.29, 1.82) is 0 Å². The van der Waals surface area contributed by atoms with Gasteiger partial charge in [-0.15, -0.1) is 0 Å². The first kappa shape index (κ1) is 19.6. The van der Waals surface area contributed by atoms with Crippen molar-refractivity contribution >= 4 is 34.4 Å². The topological polar surface area (TPSA) is 65.1 Å². The molecule has 8 heteroatoms. The molecule has 158 valence electrons. The normalized spacial score (nSPS) is 13.6. The van der Waals surface area contributed by atoms with E-state index in [1.165, 1.54) is 9.13 Å². The maximum absolute atomic E-state index is 13.4. The van der Waals surface area contributed by atoms with Crippen molar-refractivity contribution in [3.63, 3.8) is 0 Å². The molecule has 0 fully saturated rings. The van der Waals surface area contributed by atoms with Crippen molar-refractivity contribution in [3.05, 3.63) is 85.5 Å². The van der Waals surface area contributed by atoms with E-state index in [-0.39, 0.29) is 17.8 Å². The number of hydrogen-bond donors (Lipinski definition) is 0. The van der Waals surface area contributed by atoms with Crippen LogP contribution in [0.4, 0.5) is 11.6 Å². The van der Waals surface area contributed by atoms with E-state index in [1.807, 2.05) is 60.0 Å². The molecule has 0 unspecified atom stereocenters. The molecule has 2 aromatic carbocycles. The Morgan fingerprint density at radius 2 is 1.84 bits per heavy atom. The lowest BCUT2D eigenvalue weighted by molar-refractivity contribution is 0.597. The van der Waals surface area contributed by atoms with Gasteiger partial charge in [0.25, 0.3) is 5.56 Å². The summed E-state index contributed by atoms with van der Waals surface area (Å²) in [4.78, 5) is 33.2. The fourth-order valence-electron chi connectivity index (χ4n) is 4.16. The maximum atomic E-state index is 13.4. The van der Waals surface area contributed by atoms with Crippen LogP contribution in [-0.2, 0) is 20.1 Å². The van der Waals surface area contributed by atoms with Crippen LogP contribution >= 0.6 is 11.6 Å². The number of fused-ring (bicyclic) bond motifs is 3. The van der Waals surface area contributed by atoms with E-state index in [0.717, 1.165) is 29.8 Å². The lowest BCUT2D eigenvalue weighted by Crippen LogP contribution is -2.40. The standard InChI is InChI=1S/C23H22ClN5O2/c1-15-9-10-17(13-18(15)24)27-11-6-12-28-19-20(25-22(27)28)26(2)23(31)29(21(19)30)14-16-7-4-3-5-8-16/h3-5,7-10,13H,6,11-12,14H2,1-2H3. The van der Waals surface area contributed by atoms with Crippen LogP contribution in [0, 0.1) is 6.92 Å². The van der Waals surface area contributed by atoms with Gasteiger partial charge < -0.3 is 9.47 Å². The van der Waals surface area contributed by atoms with E-state index in [4.69, 9.17) is 16.6 Å². The number of hydrogen-bond acceptors (Lipinski definition) is 4. The SMILES string of the molecule is Cc1ccc(N2CCCn3c2nc2c3c(=O)n(Cc3ccccc3)c(=O)n2C)cc1Cl. The average molecular weight is 436 g/mol. The molecule has 1 aliphatic heterocycles. The molecule has 0 N–H and O–H groups in total. The van der Waals surface area contributed by atoms with Gasteiger partial charge in [-0.3, -0.25) is 13.9 Å². The molecule has 7 nitrogen and oxygen atoms in total. The summed E-state index contributed by atoms with van der Waals surface area (Å²) in [6.45, 7) is 3.61. The monoisotopic (exact) mass is 435 g/mol. The van der Waals surface area contributed by atoms with Crippen LogP contribution in [0.25, 0.3) is 11.2 Å². The van der Waals surface area contributed by atoms with Gasteiger partial charge in [0.2, 0.25) is 5.95 Å². The summed E-state index contributed by atoms with van der Waals surface area (Å²) in [5.41, 5.74) is 2.99. The van der Waals surface area contributed by atoms with Crippen molar-refractivity contribution in [2.75, 3.05) is 11.4 Å². The Bertz CT molecular complexity index is 1420. The van der Waals surface area contributed by atoms with Gasteiger partial charge in [0.1, 0.15) is 0 Å². The summed E-state index contributed by atoms with van der Waals surface area (Å²) < 4.78 is 4.68. The molecule has 2 aromatic heterocycles. The Hall–Kier alpha value is -3.32. The molecule has 4 aromatic rings. The third-order valence-electron chi connectivity index (χ3n) is 5.87. The van der Waals surface area contributed by atoms with Crippen LogP contribution in [0.15, 0.2) is 58.1 Å². The number of aromatic nitrogens is 4. The highest BCUT2D eigenvalue weighted by atomic mass is 35.5. The van der Waals surface area contributed by atoms with Crippen LogP contribution in [0.3, 0.4) is 0 Å². The molecule has 0 amide bonds. The zero-order valence-corrected chi connectivity index (χ0v) is 18.1. The van der Waals surface area contributed by atoms with Crippen molar-refractivity contribution in [1.82, 2.24) is 18.7 Å². The molecule has 5 rings (SSSR count). The Morgan fingerprint density at radius 3 is 2.58 bits per heavy atom. The number of rotatable bonds is 3. The number of imidazole rings is 1. The third kappa shape index (κ3) is 3.16. The molecule has 0 spiro atoms. The Labute approximate surface area is 183 Å². The van der Waals surface area contributed by atoms with Gasteiger partial charge in [-0.25, -0.2) is 4.79 Å². The minimum Gasteiger partial charge on any atom is -0.312 e. The van der Waals surface area contributed by atoms with Crippen LogP contribution in [0.1, 0.15) is 17.5 Å². The van der Waals surface area contributed by atoms with Crippen LogP contribution in [0.5, 0.6) is 0 Å². The lowest BCUT2D eigenvalue weighted by atomic mass is 10.2. The van der Waals surface area contributed by atoms with Gasteiger partial charge in [0, 0.05) is 30.8 Å². The second-order valence-corrected chi connectivity index (χ2v) is 8.30. The third-order valence-corrected chi connectivity index (χ3v) is 6.27. The molecular formula is C23H22ClN5O2. The highest BCUT2D eigenvalue weighted by Crippen LogP contribution is 2.33. The molecule has 0 saturated carbocycles. The average Bonchev–Trinajstić information content (AvgIpc) is 3.18. The molecule has 31 heavy (non-hydrogen) atoms. The van der Waals surface area contributed by atoms with Gasteiger partial charge >= 0.3 is 5.69 Å². The minimum absolute atomic E-state index is 0.222. The Kier molecular flexibility index (Phi) is 4.70. The smallest absolute Gasteiger partial charge is 0.312 e. The second-order valence-electron chi connectivity index (χ2n) is 7.89. The summed E-state index contributed by atoms with van der Waals surface area (Å²) in [6.07, 6.45) is 0.852. The first-order valence-electron chi connectivity index (χ1n) is 10.2. The first-order chi connectivity index (χ1) is 15.0. The highest BCUT2D eigenvalue weighted by molar-refractivity contribution is 6.31. The van der Waals surface area contributed by atoms with Gasteiger partial charge in [0.15, 0.2) is 11.2 Å². The molecule has 0 saturated heterocycles. The largest absolute Gasteiger partial charge is 0.332 e. The Balaban J connectivity index is 1.71. The van der Waals surface area contributed by atoms with E-state index < -0.39 is 0 Å².